The lowest BCUT2D eigenvalue weighted by Crippen LogP contribution is -2.27. The number of primary sulfonamides is 1. The van der Waals surface area contributed by atoms with Gasteiger partial charge in [-0.15, -0.1) is 0 Å². The van der Waals surface area contributed by atoms with Crippen LogP contribution in [0.1, 0.15) is 19.8 Å². The fourth-order valence-corrected chi connectivity index (χ4v) is 3.67. The summed E-state index contributed by atoms with van der Waals surface area (Å²) in [6.07, 6.45) is 1.17. The van der Waals surface area contributed by atoms with Crippen molar-refractivity contribution in [1.29, 1.82) is 0 Å². The van der Waals surface area contributed by atoms with Gasteiger partial charge in [0.25, 0.3) is 5.91 Å². The van der Waals surface area contributed by atoms with E-state index in [0.29, 0.717) is 16.6 Å². The first-order chi connectivity index (χ1) is 9.27. The number of amides is 1. The van der Waals surface area contributed by atoms with Gasteiger partial charge in [0.05, 0.1) is 11.0 Å². The monoisotopic (exact) mass is 362 g/mol. The van der Waals surface area contributed by atoms with E-state index < -0.39 is 16.1 Å². The highest BCUT2D eigenvalue weighted by Crippen LogP contribution is 2.26. The Labute approximate surface area is 125 Å². The summed E-state index contributed by atoms with van der Waals surface area (Å²) in [7, 11) is -3.79. The van der Waals surface area contributed by atoms with Gasteiger partial charge in [-0.1, -0.05) is 0 Å². The van der Waals surface area contributed by atoms with E-state index in [9.17, 15) is 13.2 Å². The normalized spacial score (nSPS) is 22.8. The van der Waals surface area contributed by atoms with Crippen molar-refractivity contribution in [2.75, 3.05) is 5.32 Å². The van der Waals surface area contributed by atoms with E-state index in [1.54, 1.807) is 0 Å². The maximum absolute atomic E-state index is 12.0. The summed E-state index contributed by atoms with van der Waals surface area (Å²) >= 11 is 3.12. The van der Waals surface area contributed by atoms with Crippen LogP contribution in [0.15, 0.2) is 27.6 Å². The molecule has 6 nitrogen and oxygen atoms in total. The molecule has 0 bridgehead atoms. The molecule has 0 radical (unpaired) electrons. The number of benzene rings is 1. The molecule has 2 unspecified atom stereocenters. The summed E-state index contributed by atoms with van der Waals surface area (Å²) in [4.78, 5) is 11.9. The smallest absolute Gasteiger partial charge is 0.253 e. The number of carbonyl (C=O) groups excluding carboxylic acids is 1. The van der Waals surface area contributed by atoms with Crippen molar-refractivity contribution < 1.29 is 17.9 Å². The fourth-order valence-electron chi connectivity index (χ4n) is 2.03. The number of anilines is 1. The summed E-state index contributed by atoms with van der Waals surface area (Å²) in [6, 6.07) is 4.32. The van der Waals surface area contributed by atoms with Gasteiger partial charge in [-0.3, -0.25) is 4.79 Å². The SMILES string of the molecule is CC1CCC(C(=O)Nc2ccc(S(N)(=O)=O)c(Br)c2)O1. The van der Waals surface area contributed by atoms with Crippen LogP contribution in [0.2, 0.25) is 0 Å². The van der Waals surface area contributed by atoms with Crippen molar-refractivity contribution in [2.24, 2.45) is 5.14 Å². The average molecular weight is 363 g/mol. The largest absolute Gasteiger partial charge is 0.365 e. The van der Waals surface area contributed by atoms with Crippen molar-refractivity contribution in [3.63, 3.8) is 0 Å². The van der Waals surface area contributed by atoms with Crippen molar-refractivity contribution in [3.8, 4) is 0 Å². The Balaban J connectivity index is 2.11. The Kier molecular flexibility index (Phi) is 4.48. The molecule has 0 saturated carbocycles. The van der Waals surface area contributed by atoms with Gasteiger partial charge >= 0.3 is 0 Å². The van der Waals surface area contributed by atoms with Crippen molar-refractivity contribution in [2.45, 2.75) is 36.9 Å². The molecule has 110 valence electrons. The molecule has 0 spiro atoms. The summed E-state index contributed by atoms with van der Waals surface area (Å²) < 4.78 is 28.3. The number of rotatable bonds is 3. The number of ether oxygens (including phenoxy) is 1. The van der Waals surface area contributed by atoms with Gasteiger partial charge in [0.2, 0.25) is 10.0 Å². The van der Waals surface area contributed by atoms with Gasteiger partial charge in [0, 0.05) is 10.2 Å². The number of sulfonamides is 1. The summed E-state index contributed by atoms with van der Waals surface area (Å²) in [5.41, 5.74) is 0.484. The number of nitrogens with two attached hydrogens (primary N) is 1. The van der Waals surface area contributed by atoms with Crippen LogP contribution in [0.3, 0.4) is 0 Å². The zero-order valence-electron chi connectivity index (χ0n) is 10.8. The Morgan fingerprint density at radius 3 is 2.65 bits per heavy atom. The highest BCUT2D eigenvalue weighted by atomic mass is 79.9. The van der Waals surface area contributed by atoms with Gasteiger partial charge in [-0.05, 0) is 53.9 Å². The molecular weight excluding hydrogens is 348 g/mol. The molecule has 2 atom stereocenters. The van der Waals surface area contributed by atoms with E-state index in [-0.39, 0.29) is 16.9 Å². The molecular formula is C12H15BrN2O4S. The Morgan fingerprint density at radius 2 is 2.15 bits per heavy atom. The van der Waals surface area contributed by atoms with Crippen LogP contribution in [-0.4, -0.2) is 26.5 Å². The van der Waals surface area contributed by atoms with E-state index in [4.69, 9.17) is 9.88 Å². The maximum atomic E-state index is 12.0. The van der Waals surface area contributed by atoms with Gasteiger partial charge in [0.1, 0.15) is 6.10 Å². The van der Waals surface area contributed by atoms with Crippen molar-refractivity contribution in [1.82, 2.24) is 0 Å². The Hall–Kier alpha value is -0.960. The second-order valence-corrected chi connectivity index (χ2v) is 7.08. The van der Waals surface area contributed by atoms with Gasteiger partial charge < -0.3 is 10.1 Å². The van der Waals surface area contributed by atoms with Crippen LogP contribution >= 0.6 is 15.9 Å². The first kappa shape index (κ1) is 15.4. The first-order valence-corrected chi connectivity index (χ1v) is 8.40. The van der Waals surface area contributed by atoms with E-state index in [1.807, 2.05) is 6.92 Å². The zero-order valence-corrected chi connectivity index (χ0v) is 13.2. The molecule has 1 aliphatic rings. The van der Waals surface area contributed by atoms with Crippen LogP contribution in [0.25, 0.3) is 0 Å². The molecule has 1 aromatic carbocycles. The minimum Gasteiger partial charge on any atom is -0.365 e. The number of nitrogens with one attached hydrogen (secondary N) is 1. The van der Waals surface area contributed by atoms with Gasteiger partial charge in [-0.2, -0.15) is 0 Å². The zero-order chi connectivity index (χ0) is 14.9. The summed E-state index contributed by atoms with van der Waals surface area (Å²) in [6.45, 7) is 1.92. The molecule has 1 fully saturated rings. The number of hydrogen-bond acceptors (Lipinski definition) is 4. The molecule has 3 N–H and O–H groups in total. The summed E-state index contributed by atoms with van der Waals surface area (Å²) in [5, 5.41) is 7.75. The molecule has 20 heavy (non-hydrogen) atoms. The minimum atomic E-state index is -3.79. The van der Waals surface area contributed by atoms with Crippen LogP contribution in [0.4, 0.5) is 5.69 Å². The molecule has 2 rings (SSSR count). The van der Waals surface area contributed by atoms with Gasteiger partial charge in [-0.25, -0.2) is 13.6 Å². The molecule has 1 saturated heterocycles. The summed E-state index contributed by atoms with van der Waals surface area (Å²) in [5.74, 6) is -0.232. The quantitative estimate of drug-likeness (QED) is 0.852. The van der Waals surface area contributed by atoms with E-state index in [1.165, 1.54) is 18.2 Å². The molecule has 0 aliphatic carbocycles. The molecule has 1 aliphatic heterocycles. The number of hydrogen-bond donors (Lipinski definition) is 2. The highest BCUT2D eigenvalue weighted by Gasteiger charge is 2.28. The van der Waals surface area contributed by atoms with Crippen LogP contribution in [0.5, 0.6) is 0 Å². The van der Waals surface area contributed by atoms with Crippen LogP contribution < -0.4 is 10.5 Å². The maximum Gasteiger partial charge on any atom is 0.253 e. The minimum absolute atomic E-state index is 0.0266. The molecule has 1 aromatic rings. The Morgan fingerprint density at radius 1 is 1.45 bits per heavy atom. The molecule has 8 heteroatoms. The van der Waals surface area contributed by atoms with Crippen LogP contribution in [0, 0.1) is 0 Å². The van der Waals surface area contributed by atoms with Crippen molar-refractivity contribution in [3.05, 3.63) is 22.7 Å². The van der Waals surface area contributed by atoms with Gasteiger partial charge in [0.15, 0.2) is 0 Å². The van der Waals surface area contributed by atoms with E-state index in [0.717, 1.165) is 6.42 Å². The number of halogens is 1. The third-order valence-corrected chi connectivity index (χ3v) is 4.92. The molecule has 0 aromatic heterocycles. The Bertz CT molecular complexity index is 632. The van der Waals surface area contributed by atoms with E-state index in [2.05, 4.69) is 21.2 Å². The predicted octanol–water partition coefficient (Wildman–Crippen LogP) is 1.60. The first-order valence-electron chi connectivity index (χ1n) is 6.06. The standard InChI is InChI=1S/C12H15BrN2O4S/c1-7-2-4-10(19-7)12(16)15-8-3-5-11(9(13)6-8)20(14,17)18/h3,5-7,10H,2,4H2,1H3,(H,15,16)(H2,14,17,18). The third-order valence-electron chi connectivity index (χ3n) is 3.03. The number of carbonyl (C=O) groups is 1. The lowest BCUT2D eigenvalue weighted by atomic mass is 10.2. The lowest BCUT2D eigenvalue weighted by Gasteiger charge is -2.12. The average Bonchev–Trinajstić information content (AvgIpc) is 2.74. The molecule has 1 heterocycles. The fraction of sp³-hybridized carbons (Fsp3) is 0.417. The van der Waals surface area contributed by atoms with E-state index >= 15 is 0 Å². The predicted molar refractivity (Wildman–Crippen MR) is 77.7 cm³/mol. The molecule has 1 amide bonds. The lowest BCUT2D eigenvalue weighted by molar-refractivity contribution is -0.126. The second-order valence-electron chi connectivity index (χ2n) is 4.69. The van der Waals surface area contributed by atoms with Crippen LogP contribution in [-0.2, 0) is 19.6 Å². The van der Waals surface area contributed by atoms with Crippen molar-refractivity contribution >= 4 is 37.5 Å². The second kappa shape index (κ2) is 5.80. The topological polar surface area (TPSA) is 98.5 Å². The highest BCUT2D eigenvalue weighted by molar-refractivity contribution is 9.10. The third kappa shape index (κ3) is 3.57.